The Morgan fingerprint density at radius 1 is 0.767 bits per heavy atom. The minimum Gasteiger partial charge on any atom is -0.496 e. The number of benzene rings is 3. The van der Waals surface area contributed by atoms with Gasteiger partial charge < -0.3 is 9.47 Å². The van der Waals surface area contributed by atoms with E-state index in [0.29, 0.717) is 0 Å². The molecule has 0 atom stereocenters. The summed E-state index contributed by atoms with van der Waals surface area (Å²) in [6.07, 6.45) is 0. The Labute approximate surface area is 183 Å². The molecule has 2 heterocycles. The molecule has 148 valence electrons. The van der Waals surface area contributed by atoms with Gasteiger partial charge in [0.1, 0.15) is 16.5 Å². The maximum atomic E-state index is 5.72. The number of methoxy groups -OCH3 is 2. The molecule has 0 fully saturated rings. The molecule has 3 aromatic carbocycles. The van der Waals surface area contributed by atoms with Gasteiger partial charge in [0.25, 0.3) is 0 Å². The lowest BCUT2D eigenvalue weighted by molar-refractivity contribution is 0.397. The molecule has 5 aromatic rings. The number of nitrogens with zero attached hydrogens (tertiary/aromatic N) is 1. The second-order valence-corrected chi connectivity index (χ2v) is 8.66. The van der Waals surface area contributed by atoms with E-state index in [1.807, 2.05) is 36.4 Å². The molecule has 0 saturated carbocycles. The van der Waals surface area contributed by atoms with Crippen LogP contribution in [0.3, 0.4) is 0 Å². The van der Waals surface area contributed by atoms with Crippen LogP contribution in [-0.4, -0.2) is 19.2 Å². The maximum absolute atomic E-state index is 5.72. The molecule has 0 spiro atoms. The van der Waals surface area contributed by atoms with Crippen molar-refractivity contribution in [2.75, 3.05) is 14.2 Å². The van der Waals surface area contributed by atoms with Crippen LogP contribution < -0.4 is 9.47 Å². The maximum Gasteiger partial charge on any atom is 0.131 e. The zero-order chi connectivity index (χ0) is 20.5. The molecule has 5 rings (SSSR count). The van der Waals surface area contributed by atoms with Crippen LogP contribution in [0.15, 0.2) is 78.2 Å². The van der Waals surface area contributed by atoms with E-state index in [1.54, 1.807) is 36.9 Å². The summed E-state index contributed by atoms with van der Waals surface area (Å²) in [6, 6.07) is 24.6. The van der Waals surface area contributed by atoms with Crippen molar-refractivity contribution in [2.45, 2.75) is 0 Å². The molecule has 30 heavy (non-hydrogen) atoms. The van der Waals surface area contributed by atoms with Gasteiger partial charge in [-0.15, -0.1) is 22.7 Å². The van der Waals surface area contributed by atoms with Gasteiger partial charge in [-0.05, 0) is 18.2 Å². The molecule has 0 aliphatic heterocycles. The summed E-state index contributed by atoms with van der Waals surface area (Å²) in [7, 11) is 3.38. The fourth-order valence-electron chi connectivity index (χ4n) is 3.61. The molecule has 0 bridgehead atoms. The van der Waals surface area contributed by atoms with Crippen molar-refractivity contribution >= 4 is 32.8 Å². The van der Waals surface area contributed by atoms with Crippen LogP contribution in [0.1, 0.15) is 0 Å². The summed E-state index contributed by atoms with van der Waals surface area (Å²) in [5.74, 6) is 1.55. The van der Waals surface area contributed by atoms with E-state index in [9.17, 15) is 0 Å². The van der Waals surface area contributed by atoms with Gasteiger partial charge in [0.2, 0.25) is 0 Å². The van der Waals surface area contributed by atoms with Gasteiger partial charge in [-0.25, -0.2) is 4.98 Å². The zero-order valence-corrected chi connectivity index (χ0v) is 18.2. The molecule has 0 amide bonds. The Morgan fingerprint density at radius 2 is 1.47 bits per heavy atom. The van der Waals surface area contributed by atoms with E-state index in [4.69, 9.17) is 14.5 Å². The second kappa shape index (κ2) is 7.94. The monoisotopic (exact) mass is 429 g/mol. The van der Waals surface area contributed by atoms with Crippen molar-refractivity contribution in [1.82, 2.24) is 4.98 Å². The van der Waals surface area contributed by atoms with Gasteiger partial charge in [-0.3, -0.25) is 0 Å². The highest BCUT2D eigenvalue weighted by molar-refractivity contribution is 7.19. The molecule has 2 aromatic heterocycles. The van der Waals surface area contributed by atoms with Crippen LogP contribution >= 0.6 is 22.7 Å². The number of thiazole rings is 1. The molecule has 0 unspecified atom stereocenters. The predicted octanol–water partition coefficient (Wildman–Crippen LogP) is 7.38. The van der Waals surface area contributed by atoms with Crippen LogP contribution in [0.25, 0.3) is 42.4 Å². The lowest BCUT2D eigenvalue weighted by Crippen LogP contribution is -1.93. The molecule has 0 saturated heterocycles. The highest BCUT2D eigenvalue weighted by atomic mass is 32.1. The lowest BCUT2D eigenvalue weighted by atomic mass is 10.0. The third kappa shape index (κ3) is 3.16. The Kier molecular flexibility index (Phi) is 4.99. The highest BCUT2D eigenvalue weighted by Gasteiger charge is 2.23. The smallest absolute Gasteiger partial charge is 0.131 e. The van der Waals surface area contributed by atoms with Crippen molar-refractivity contribution in [1.29, 1.82) is 0 Å². The third-order valence-corrected chi connectivity index (χ3v) is 7.12. The summed E-state index contributed by atoms with van der Waals surface area (Å²) in [5, 5.41) is 4.38. The van der Waals surface area contributed by atoms with Crippen LogP contribution in [0.2, 0.25) is 0 Å². The number of ether oxygens (including phenoxy) is 2. The number of thiophene rings is 1. The number of hydrogen-bond acceptors (Lipinski definition) is 5. The zero-order valence-electron chi connectivity index (χ0n) is 16.6. The summed E-state index contributed by atoms with van der Waals surface area (Å²) < 4.78 is 12.7. The molecule has 0 aliphatic carbocycles. The van der Waals surface area contributed by atoms with Gasteiger partial charge in [-0.2, -0.15) is 0 Å². The number of hydrogen-bond donors (Lipinski definition) is 0. The fourth-order valence-corrected chi connectivity index (χ4v) is 5.70. The van der Waals surface area contributed by atoms with E-state index in [1.165, 1.54) is 10.1 Å². The SMILES string of the molecule is COc1cccc(OC)c1-c1sc(-c2ccccc2)nc1-c1csc2ccccc12. The van der Waals surface area contributed by atoms with Crippen molar-refractivity contribution in [2.24, 2.45) is 0 Å². The van der Waals surface area contributed by atoms with Gasteiger partial charge in [-0.1, -0.05) is 54.6 Å². The first-order chi connectivity index (χ1) is 14.8. The van der Waals surface area contributed by atoms with Gasteiger partial charge in [0.05, 0.1) is 30.4 Å². The van der Waals surface area contributed by atoms with E-state index >= 15 is 0 Å². The van der Waals surface area contributed by atoms with Gasteiger partial charge in [0.15, 0.2) is 0 Å². The van der Waals surface area contributed by atoms with Gasteiger partial charge >= 0.3 is 0 Å². The molecule has 0 aliphatic rings. The Morgan fingerprint density at radius 3 is 2.20 bits per heavy atom. The third-order valence-electron chi connectivity index (χ3n) is 5.04. The summed E-state index contributed by atoms with van der Waals surface area (Å²) in [4.78, 5) is 6.16. The largest absolute Gasteiger partial charge is 0.496 e. The fraction of sp³-hybridized carbons (Fsp3) is 0.0800. The molecule has 5 heteroatoms. The van der Waals surface area contributed by atoms with Crippen LogP contribution in [0.5, 0.6) is 11.5 Å². The number of aromatic nitrogens is 1. The molecule has 3 nitrogen and oxygen atoms in total. The minimum absolute atomic E-state index is 0.776. The Hall–Kier alpha value is -3.15. The summed E-state index contributed by atoms with van der Waals surface area (Å²) in [6.45, 7) is 0. The average molecular weight is 430 g/mol. The van der Waals surface area contributed by atoms with E-state index in [-0.39, 0.29) is 0 Å². The van der Waals surface area contributed by atoms with Crippen molar-refractivity contribution in [3.05, 3.63) is 78.2 Å². The quantitative estimate of drug-likeness (QED) is 0.292. The first-order valence-electron chi connectivity index (χ1n) is 9.54. The molecule has 0 radical (unpaired) electrons. The van der Waals surface area contributed by atoms with Crippen molar-refractivity contribution in [3.63, 3.8) is 0 Å². The van der Waals surface area contributed by atoms with E-state index < -0.39 is 0 Å². The van der Waals surface area contributed by atoms with Crippen molar-refractivity contribution < 1.29 is 9.47 Å². The topological polar surface area (TPSA) is 31.4 Å². The summed E-state index contributed by atoms with van der Waals surface area (Å²) in [5.41, 5.74) is 4.13. The van der Waals surface area contributed by atoms with Crippen LogP contribution in [0, 0.1) is 0 Å². The number of fused-ring (bicyclic) bond motifs is 1. The summed E-state index contributed by atoms with van der Waals surface area (Å²) >= 11 is 3.40. The first kappa shape index (κ1) is 18.9. The lowest BCUT2D eigenvalue weighted by Gasteiger charge is -2.12. The highest BCUT2D eigenvalue weighted by Crippen LogP contribution is 2.49. The van der Waals surface area contributed by atoms with Crippen molar-refractivity contribution in [3.8, 4) is 43.8 Å². The molecule has 0 N–H and O–H groups in total. The predicted molar refractivity (Wildman–Crippen MR) is 127 cm³/mol. The number of rotatable bonds is 5. The Balaban J connectivity index is 1.82. The average Bonchev–Trinajstić information content (AvgIpc) is 3.43. The standard InChI is InChI=1S/C25H19NO2S2/c1-27-19-12-8-13-20(28-2)22(19)24-23(18-15-29-21-14-7-6-11-17(18)21)26-25(30-24)16-9-4-3-5-10-16/h3-15H,1-2H3. The second-order valence-electron chi connectivity index (χ2n) is 6.75. The van der Waals surface area contributed by atoms with Crippen LogP contribution in [-0.2, 0) is 0 Å². The first-order valence-corrected chi connectivity index (χ1v) is 11.2. The normalized spacial score (nSPS) is 11.0. The Bertz CT molecular complexity index is 1300. The van der Waals surface area contributed by atoms with E-state index in [2.05, 4.69) is 41.8 Å². The molecular weight excluding hydrogens is 410 g/mol. The minimum atomic E-state index is 0.776. The van der Waals surface area contributed by atoms with Gasteiger partial charge in [0, 0.05) is 26.6 Å². The van der Waals surface area contributed by atoms with E-state index in [0.717, 1.165) is 43.8 Å². The molecular formula is C25H19NO2S2. The van der Waals surface area contributed by atoms with Crippen LogP contribution in [0.4, 0.5) is 0 Å².